The quantitative estimate of drug-likeness (QED) is 0.443. The smallest absolute Gasteiger partial charge is 0.271 e. The summed E-state index contributed by atoms with van der Waals surface area (Å²) in [5, 5.41) is 14.6. The first-order valence-electron chi connectivity index (χ1n) is 8.26. The number of amides is 1. The summed E-state index contributed by atoms with van der Waals surface area (Å²) in [6.07, 6.45) is 2.32. The fourth-order valence-electron chi connectivity index (χ4n) is 2.06. The summed E-state index contributed by atoms with van der Waals surface area (Å²) >= 11 is 0. The van der Waals surface area contributed by atoms with Crippen LogP contribution in [0.25, 0.3) is 0 Å². The number of benzene rings is 2. The van der Waals surface area contributed by atoms with Gasteiger partial charge in [-0.1, -0.05) is 26.0 Å². The second-order valence-corrected chi connectivity index (χ2v) is 6.11. The third kappa shape index (κ3) is 6.01. The SMILES string of the molecule is CC(C)CCOc1ccc(C(=O)N/N=C/c2cccc([N+](=O)[O-])c2)cc1. The minimum atomic E-state index is -0.485. The van der Waals surface area contributed by atoms with Crippen molar-refractivity contribution in [3.63, 3.8) is 0 Å². The molecule has 7 nitrogen and oxygen atoms in total. The first-order chi connectivity index (χ1) is 12.5. The molecule has 0 spiro atoms. The zero-order valence-electron chi connectivity index (χ0n) is 14.7. The average molecular weight is 355 g/mol. The normalized spacial score (nSPS) is 10.9. The molecule has 0 aliphatic heterocycles. The number of nitro groups is 1. The minimum Gasteiger partial charge on any atom is -0.494 e. The van der Waals surface area contributed by atoms with Gasteiger partial charge in [0, 0.05) is 23.3 Å². The molecule has 0 aliphatic rings. The molecule has 7 heteroatoms. The third-order valence-corrected chi connectivity index (χ3v) is 3.54. The van der Waals surface area contributed by atoms with Crippen LogP contribution in [0.2, 0.25) is 0 Å². The average Bonchev–Trinajstić information content (AvgIpc) is 2.62. The van der Waals surface area contributed by atoms with Crippen LogP contribution in [0.1, 0.15) is 36.2 Å². The molecule has 136 valence electrons. The minimum absolute atomic E-state index is 0.0340. The van der Waals surface area contributed by atoms with Crippen molar-refractivity contribution >= 4 is 17.8 Å². The molecule has 1 amide bonds. The maximum absolute atomic E-state index is 12.1. The Kier molecular flexibility index (Phi) is 6.84. The van der Waals surface area contributed by atoms with E-state index in [0.29, 0.717) is 29.4 Å². The molecule has 2 rings (SSSR count). The van der Waals surface area contributed by atoms with E-state index in [1.807, 2.05) is 0 Å². The Hall–Kier alpha value is -3.22. The van der Waals surface area contributed by atoms with Crippen molar-refractivity contribution in [2.75, 3.05) is 6.61 Å². The van der Waals surface area contributed by atoms with Crippen LogP contribution in [-0.2, 0) is 0 Å². The van der Waals surface area contributed by atoms with Gasteiger partial charge in [-0.05, 0) is 36.6 Å². The van der Waals surface area contributed by atoms with Crippen LogP contribution in [0.3, 0.4) is 0 Å². The van der Waals surface area contributed by atoms with E-state index in [9.17, 15) is 14.9 Å². The fourth-order valence-corrected chi connectivity index (χ4v) is 2.06. The van der Waals surface area contributed by atoms with Crippen LogP contribution in [0.5, 0.6) is 5.75 Å². The summed E-state index contributed by atoms with van der Waals surface area (Å²) in [5.74, 6) is 0.909. The van der Waals surface area contributed by atoms with Gasteiger partial charge in [-0.15, -0.1) is 0 Å². The first-order valence-corrected chi connectivity index (χ1v) is 8.26. The van der Waals surface area contributed by atoms with Gasteiger partial charge < -0.3 is 4.74 Å². The van der Waals surface area contributed by atoms with E-state index >= 15 is 0 Å². The van der Waals surface area contributed by atoms with Crippen molar-refractivity contribution in [3.05, 3.63) is 69.8 Å². The standard InChI is InChI=1S/C19H21N3O4/c1-14(2)10-11-26-18-8-6-16(7-9-18)19(23)21-20-13-15-4-3-5-17(12-15)22(24)25/h3-9,12-14H,10-11H2,1-2H3,(H,21,23)/b20-13+. The lowest BCUT2D eigenvalue weighted by Crippen LogP contribution is -2.17. The molecule has 0 saturated heterocycles. The van der Waals surface area contributed by atoms with Crippen LogP contribution >= 0.6 is 0 Å². The maximum Gasteiger partial charge on any atom is 0.271 e. The van der Waals surface area contributed by atoms with Crippen LogP contribution in [0.15, 0.2) is 53.6 Å². The first kappa shape index (κ1) is 19.1. The second kappa shape index (κ2) is 9.31. The van der Waals surface area contributed by atoms with Gasteiger partial charge in [0.05, 0.1) is 17.7 Å². The molecule has 2 aromatic carbocycles. The van der Waals surface area contributed by atoms with Crippen LogP contribution in [0, 0.1) is 16.0 Å². The van der Waals surface area contributed by atoms with E-state index in [1.54, 1.807) is 36.4 Å². The summed E-state index contributed by atoms with van der Waals surface area (Å²) in [7, 11) is 0. The van der Waals surface area contributed by atoms with Crippen molar-refractivity contribution in [2.45, 2.75) is 20.3 Å². The summed E-state index contributed by atoms with van der Waals surface area (Å²) in [5.41, 5.74) is 3.32. The lowest BCUT2D eigenvalue weighted by atomic mass is 10.1. The van der Waals surface area contributed by atoms with Crippen molar-refractivity contribution in [1.82, 2.24) is 5.43 Å². The predicted molar refractivity (Wildman–Crippen MR) is 99.5 cm³/mol. The molecule has 0 fully saturated rings. The number of rotatable bonds is 8. The van der Waals surface area contributed by atoms with Crippen molar-refractivity contribution in [3.8, 4) is 5.75 Å². The Bertz CT molecular complexity index is 786. The summed E-state index contributed by atoms with van der Waals surface area (Å²) in [4.78, 5) is 22.3. The highest BCUT2D eigenvalue weighted by Gasteiger charge is 2.06. The molecule has 0 atom stereocenters. The number of carbonyl (C=O) groups excluding carboxylic acids is 1. The molecule has 0 unspecified atom stereocenters. The number of nitrogens with one attached hydrogen (secondary N) is 1. The molecule has 0 bridgehead atoms. The Morgan fingerprint density at radius 1 is 1.27 bits per heavy atom. The third-order valence-electron chi connectivity index (χ3n) is 3.54. The largest absolute Gasteiger partial charge is 0.494 e. The summed E-state index contributed by atoms with van der Waals surface area (Å²) < 4.78 is 5.60. The van der Waals surface area contributed by atoms with E-state index in [4.69, 9.17) is 4.74 Å². The Morgan fingerprint density at radius 3 is 2.65 bits per heavy atom. The number of hydrogen-bond donors (Lipinski definition) is 1. The number of carbonyl (C=O) groups is 1. The molecule has 0 aromatic heterocycles. The molecule has 0 heterocycles. The number of nitro benzene ring substituents is 1. The van der Waals surface area contributed by atoms with Crippen molar-refractivity contribution in [2.24, 2.45) is 11.0 Å². The number of hydrogen-bond acceptors (Lipinski definition) is 5. The monoisotopic (exact) mass is 355 g/mol. The van der Waals surface area contributed by atoms with Gasteiger partial charge in [-0.2, -0.15) is 5.10 Å². The molecular weight excluding hydrogens is 334 g/mol. The number of hydrazone groups is 1. The number of non-ortho nitro benzene ring substituents is 1. The molecular formula is C19H21N3O4. The van der Waals surface area contributed by atoms with Gasteiger partial charge in [-0.25, -0.2) is 5.43 Å². The lowest BCUT2D eigenvalue weighted by Gasteiger charge is -2.08. The highest BCUT2D eigenvalue weighted by Crippen LogP contribution is 2.14. The Balaban J connectivity index is 1.89. The zero-order chi connectivity index (χ0) is 18.9. The summed E-state index contributed by atoms with van der Waals surface area (Å²) in [6, 6.07) is 12.8. The molecule has 1 N–H and O–H groups in total. The molecule has 0 saturated carbocycles. The Labute approximate surface area is 151 Å². The zero-order valence-corrected chi connectivity index (χ0v) is 14.7. The lowest BCUT2D eigenvalue weighted by molar-refractivity contribution is -0.384. The van der Waals surface area contributed by atoms with E-state index in [1.165, 1.54) is 18.3 Å². The van der Waals surface area contributed by atoms with Gasteiger partial charge in [0.15, 0.2) is 0 Å². The van der Waals surface area contributed by atoms with E-state index in [-0.39, 0.29) is 11.6 Å². The number of nitrogens with zero attached hydrogens (tertiary/aromatic N) is 2. The second-order valence-electron chi connectivity index (χ2n) is 6.11. The van der Waals surface area contributed by atoms with E-state index < -0.39 is 4.92 Å². The molecule has 0 aliphatic carbocycles. The van der Waals surface area contributed by atoms with Gasteiger partial charge in [0.2, 0.25) is 0 Å². The highest BCUT2D eigenvalue weighted by atomic mass is 16.6. The van der Waals surface area contributed by atoms with Crippen LogP contribution < -0.4 is 10.2 Å². The van der Waals surface area contributed by atoms with Crippen molar-refractivity contribution < 1.29 is 14.5 Å². The van der Waals surface area contributed by atoms with Gasteiger partial charge in [-0.3, -0.25) is 14.9 Å². The number of ether oxygens (including phenoxy) is 1. The van der Waals surface area contributed by atoms with E-state index in [0.717, 1.165) is 6.42 Å². The fraction of sp³-hybridized carbons (Fsp3) is 0.263. The summed E-state index contributed by atoms with van der Waals surface area (Å²) in [6.45, 7) is 4.90. The maximum atomic E-state index is 12.1. The van der Waals surface area contributed by atoms with Crippen molar-refractivity contribution in [1.29, 1.82) is 0 Å². The van der Waals surface area contributed by atoms with Gasteiger partial charge in [0.25, 0.3) is 11.6 Å². The van der Waals surface area contributed by atoms with Gasteiger partial charge in [0.1, 0.15) is 5.75 Å². The Morgan fingerprint density at radius 2 is 2.00 bits per heavy atom. The highest BCUT2D eigenvalue weighted by molar-refractivity contribution is 5.95. The van der Waals surface area contributed by atoms with Crippen LogP contribution in [0.4, 0.5) is 5.69 Å². The molecule has 2 aromatic rings. The topological polar surface area (TPSA) is 93.8 Å². The van der Waals surface area contributed by atoms with Crippen LogP contribution in [-0.4, -0.2) is 23.7 Å². The molecule has 26 heavy (non-hydrogen) atoms. The van der Waals surface area contributed by atoms with E-state index in [2.05, 4.69) is 24.4 Å². The van der Waals surface area contributed by atoms with Gasteiger partial charge >= 0.3 is 0 Å². The predicted octanol–water partition coefficient (Wildman–Crippen LogP) is 3.78. The molecule has 0 radical (unpaired) electrons.